The van der Waals surface area contributed by atoms with E-state index in [1.54, 1.807) is 23.3 Å². The second-order valence-corrected chi connectivity index (χ2v) is 7.85. The Morgan fingerprint density at radius 3 is 2.69 bits per heavy atom. The smallest absolute Gasteiger partial charge is 0.320 e. The van der Waals surface area contributed by atoms with Gasteiger partial charge in [-0.1, -0.05) is 24.3 Å². The van der Waals surface area contributed by atoms with Crippen molar-refractivity contribution >= 4 is 40.0 Å². The highest BCUT2D eigenvalue weighted by Gasteiger charge is 2.14. The zero-order valence-corrected chi connectivity index (χ0v) is 18.3. The highest BCUT2D eigenvalue weighted by molar-refractivity contribution is 7.10. The van der Waals surface area contributed by atoms with Crippen LogP contribution in [0.3, 0.4) is 0 Å². The number of amides is 3. The summed E-state index contributed by atoms with van der Waals surface area (Å²) in [4.78, 5) is 28.4. The van der Waals surface area contributed by atoms with Crippen LogP contribution < -0.4 is 16.0 Å². The Kier molecular flexibility index (Phi) is 5.87. The minimum Gasteiger partial charge on any atom is -0.355 e. The van der Waals surface area contributed by atoms with Gasteiger partial charge in [0, 0.05) is 37.0 Å². The number of anilines is 1. The van der Waals surface area contributed by atoms with E-state index in [2.05, 4.69) is 32.0 Å². The van der Waals surface area contributed by atoms with Gasteiger partial charge in [0.1, 0.15) is 5.82 Å². The zero-order chi connectivity index (χ0) is 22.7. The number of benzene rings is 2. The third kappa shape index (κ3) is 4.31. The molecule has 0 aliphatic carbocycles. The number of thiazole rings is 1. The van der Waals surface area contributed by atoms with Gasteiger partial charge >= 0.3 is 6.03 Å². The van der Waals surface area contributed by atoms with E-state index in [1.807, 2.05) is 43.4 Å². The lowest BCUT2D eigenvalue weighted by Crippen LogP contribution is -2.28. The minimum atomic E-state index is -0.363. The summed E-state index contributed by atoms with van der Waals surface area (Å²) < 4.78 is 1.75. The molecule has 3 amide bonds. The van der Waals surface area contributed by atoms with Crippen molar-refractivity contribution in [2.45, 2.75) is 6.54 Å². The molecule has 0 radical (unpaired) electrons. The summed E-state index contributed by atoms with van der Waals surface area (Å²) in [5.74, 6) is 2.70. The van der Waals surface area contributed by atoms with Gasteiger partial charge in [-0.2, -0.15) is 5.10 Å². The van der Waals surface area contributed by atoms with Gasteiger partial charge in [0.15, 0.2) is 5.01 Å². The number of carbonyl (C=O) groups is 2. The van der Waals surface area contributed by atoms with E-state index in [0.717, 1.165) is 27.6 Å². The van der Waals surface area contributed by atoms with Gasteiger partial charge in [-0.05, 0) is 34.7 Å². The van der Waals surface area contributed by atoms with Crippen LogP contribution in [0.2, 0.25) is 0 Å². The topological polar surface area (TPSA) is 101 Å². The molecule has 2 aromatic heterocycles. The van der Waals surface area contributed by atoms with E-state index < -0.39 is 0 Å². The molecule has 0 saturated heterocycles. The van der Waals surface area contributed by atoms with Crippen LogP contribution in [-0.2, 0) is 13.6 Å². The fourth-order valence-electron chi connectivity index (χ4n) is 3.30. The Balaban J connectivity index is 1.50. The first-order valence-corrected chi connectivity index (χ1v) is 10.6. The van der Waals surface area contributed by atoms with Crippen molar-refractivity contribution < 1.29 is 9.59 Å². The Morgan fingerprint density at radius 2 is 2.00 bits per heavy atom. The van der Waals surface area contributed by atoms with E-state index in [0.29, 0.717) is 22.9 Å². The fourth-order valence-corrected chi connectivity index (χ4v) is 3.86. The first-order valence-electron chi connectivity index (χ1n) is 9.72. The second-order valence-electron chi connectivity index (χ2n) is 6.99. The molecule has 0 unspecified atom stereocenters. The lowest BCUT2D eigenvalue weighted by atomic mass is 9.98. The Bertz CT molecular complexity index is 1350. The monoisotopic (exact) mass is 444 g/mol. The number of urea groups is 1. The molecule has 0 aliphatic heterocycles. The molecule has 4 aromatic rings. The predicted molar refractivity (Wildman–Crippen MR) is 125 cm³/mol. The fraction of sp³-hybridized carbons (Fsp3) is 0.130. The molecule has 32 heavy (non-hydrogen) atoms. The summed E-state index contributed by atoms with van der Waals surface area (Å²) >= 11 is 1.29. The molecule has 2 heterocycles. The third-order valence-corrected chi connectivity index (χ3v) is 5.72. The van der Waals surface area contributed by atoms with E-state index in [4.69, 9.17) is 6.42 Å². The van der Waals surface area contributed by atoms with Crippen molar-refractivity contribution in [2.75, 3.05) is 12.4 Å². The van der Waals surface area contributed by atoms with Gasteiger partial charge in [0.05, 0.1) is 11.7 Å². The Morgan fingerprint density at radius 1 is 1.22 bits per heavy atom. The first kappa shape index (κ1) is 21.1. The molecule has 0 aliphatic rings. The Labute approximate surface area is 188 Å². The molecule has 0 bridgehead atoms. The minimum absolute atomic E-state index is 0.157. The quantitative estimate of drug-likeness (QED) is 0.411. The molecule has 8 nitrogen and oxygen atoms in total. The maximum absolute atomic E-state index is 12.2. The van der Waals surface area contributed by atoms with E-state index in [-0.39, 0.29) is 11.9 Å². The van der Waals surface area contributed by atoms with Crippen LogP contribution >= 0.6 is 11.3 Å². The molecule has 0 spiro atoms. The van der Waals surface area contributed by atoms with Crippen LogP contribution in [0.1, 0.15) is 20.9 Å². The largest absolute Gasteiger partial charge is 0.355 e. The van der Waals surface area contributed by atoms with E-state index in [9.17, 15) is 9.59 Å². The third-order valence-electron chi connectivity index (χ3n) is 4.94. The number of hydrogen-bond donors (Lipinski definition) is 3. The highest BCUT2D eigenvalue weighted by Crippen LogP contribution is 2.30. The molecule has 160 valence electrons. The maximum atomic E-state index is 12.2. The molecule has 0 atom stereocenters. The average Bonchev–Trinajstić information content (AvgIpc) is 3.43. The number of carbonyl (C=O) groups excluding carboxylic acids is 2. The number of nitrogens with zero attached hydrogens (tertiary/aromatic N) is 3. The molecular formula is C23H20N6O2S. The summed E-state index contributed by atoms with van der Waals surface area (Å²) in [6, 6.07) is 11.1. The van der Waals surface area contributed by atoms with Crippen molar-refractivity contribution in [3.8, 4) is 23.5 Å². The molecule has 0 saturated carbocycles. The van der Waals surface area contributed by atoms with Crippen LogP contribution in [0, 0.1) is 12.3 Å². The molecule has 9 heteroatoms. The lowest BCUT2D eigenvalue weighted by Gasteiger charge is -2.10. The maximum Gasteiger partial charge on any atom is 0.320 e. The summed E-state index contributed by atoms with van der Waals surface area (Å²) in [6.45, 7) is 0.346. The molecule has 4 rings (SSSR count). The van der Waals surface area contributed by atoms with Crippen LogP contribution in [-0.4, -0.2) is 33.8 Å². The Hall–Kier alpha value is -4.16. The number of aryl methyl sites for hydroxylation is 1. The summed E-state index contributed by atoms with van der Waals surface area (Å²) in [5.41, 5.74) is 4.23. The SMILES string of the molecule is C#Cc1nc(NC(=O)NCc2ccc(-c3cc(C(=O)NC)cc4c3cnn4C)cc2)cs1. The predicted octanol–water partition coefficient (Wildman–Crippen LogP) is 3.36. The number of hydrogen-bond acceptors (Lipinski definition) is 5. The number of aromatic nitrogens is 3. The first-order chi connectivity index (χ1) is 15.5. The van der Waals surface area contributed by atoms with Gasteiger partial charge in [-0.3, -0.25) is 14.8 Å². The zero-order valence-electron chi connectivity index (χ0n) is 17.5. The van der Waals surface area contributed by atoms with Crippen LogP contribution in [0.15, 0.2) is 48.0 Å². The van der Waals surface area contributed by atoms with Crippen molar-refractivity contribution in [1.29, 1.82) is 0 Å². The molecule has 2 aromatic carbocycles. The van der Waals surface area contributed by atoms with Crippen LogP contribution in [0.5, 0.6) is 0 Å². The number of fused-ring (bicyclic) bond motifs is 1. The number of terminal acetylenes is 1. The van der Waals surface area contributed by atoms with Crippen molar-refractivity contribution in [3.05, 3.63) is 64.1 Å². The van der Waals surface area contributed by atoms with Crippen molar-refractivity contribution in [2.24, 2.45) is 7.05 Å². The summed E-state index contributed by atoms with van der Waals surface area (Å²) in [5, 5.41) is 15.6. The molecular weight excluding hydrogens is 424 g/mol. The average molecular weight is 445 g/mol. The normalized spacial score (nSPS) is 10.5. The summed E-state index contributed by atoms with van der Waals surface area (Å²) in [7, 11) is 3.45. The van der Waals surface area contributed by atoms with Gasteiger partial charge in [0.2, 0.25) is 0 Å². The molecule has 3 N–H and O–H groups in total. The summed E-state index contributed by atoms with van der Waals surface area (Å²) in [6.07, 6.45) is 7.08. The van der Waals surface area contributed by atoms with E-state index >= 15 is 0 Å². The second kappa shape index (κ2) is 8.91. The van der Waals surface area contributed by atoms with Gasteiger partial charge in [0.25, 0.3) is 5.91 Å². The standard InChI is InChI=1S/C23H20N6O2S/c1-4-21-27-20(13-32-21)28-23(31)25-11-14-5-7-15(8-6-14)17-9-16(22(30)24-2)10-19-18(17)12-26-29(19)3/h1,5-10,12-13H,11H2,2-3H3,(H,24,30)(H2,25,28,31). The number of rotatable bonds is 5. The van der Waals surface area contributed by atoms with E-state index in [1.165, 1.54) is 11.3 Å². The van der Waals surface area contributed by atoms with Crippen molar-refractivity contribution in [1.82, 2.24) is 25.4 Å². The van der Waals surface area contributed by atoms with Gasteiger partial charge in [-0.15, -0.1) is 17.8 Å². The van der Waals surface area contributed by atoms with Crippen molar-refractivity contribution in [3.63, 3.8) is 0 Å². The number of nitrogens with one attached hydrogen (secondary N) is 3. The lowest BCUT2D eigenvalue weighted by molar-refractivity contribution is 0.0963. The highest BCUT2D eigenvalue weighted by atomic mass is 32.1. The van der Waals surface area contributed by atoms with Crippen LogP contribution in [0.4, 0.5) is 10.6 Å². The van der Waals surface area contributed by atoms with Gasteiger partial charge in [-0.25, -0.2) is 9.78 Å². The van der Waals surface area contributed by atoms with Crippen LogP contribution in [0.25, 0.3) is 22.0 Å². The molecule has 0 fully saturated rings. The van der Waals surface area contributed by atoms with Gasteiger partial charge < -0.3 is 10.6 Å².